The molecule has 4 rings (SSSR count). The van der Waals surface area contributed by atoms with Gasteiger partial charge in [0.05, 0.1) is 24.8 Å². The van der Waals surface area contributed by atoms with E-state index in [-0.39, 0.29) is 34.4 Å². The molecule has 0 aliphatic rings. The summed E-state index contributed by atoms with van der Waals surface area (Å²) in [5, 5.41) is 0. The number of ether oxygens (including phenoxy) is 1. The van der Waals surface area contributed by atoms with Crippen LogP contribution >= 0.6 is 0 Å². The lowest BCUT2D eigenvalue weighted by molar-refractivity contribution is 0.357. The molecule has 0 saturated heterocycles. The van der Waals surface area contributed by atoms with Crippen LogP contribution in [0.2, 0.25) is 0 Å². The molecular formula is C26H24FNO7S2. The molecule has 11 heteroatoms. The Morgan fingerprint density at radius 1 is 0.838 bits per heavy atom. The molecule has 8 nitrogen and oxygen atoms in total. The van der Waals surface area contributed by atoms with Crippen molar-refractivity contribution < 1.29 is 34.6 Å². The summed E-state index contributed by atoms with van der Waals surface area (Å²) in [6.07, 6.45) is 1.45. The summed E-state index contributed by atoms with van der Waals surface area (Å²) in [4.78, 5) is -0.142. The first-order chi connectivity index (χ1) is 17.6. The van der Waals surface area contributed by atoms with Gasteiger partial charge < -0.3 is 13.3 Å². The van der Waals surface area contributed by atoms with Gasteiger partial charge in [0.2, 0.25) is 10.0 Å². The van der Waals surface area contributed by atoms with E-state index >= 15 is 0 Å². The second-order valence-electron chi connectivity index (χ2n) is 8.14. The molecule has 1 aromatic heterocycles. The minimum Gasteiger partial charge on any atom is -0.493 e. The monoisotopic (exact) mass is 545 g/mol. The van der Waals surface area contributed by atoms with Gasteiger partial charge in [-0.3, -0.25) is 0 Å². The van der Waals surface area contributed by atoms with Crippen LogP contribution in [0.5, 0.6) is 11.5 Å². The molecule has 0 bridgehead atoms. The Kier molecular flexibility index (Phi) is 7.67. The highest BCUT2D eigenvalue weighted by Crippen LogP contribution is 2.32. The van der Waals surface area contributed by atoms with Gasteiger partial charge in [-0.05, 0) is 73.2 Å². The smallest absolute Gasteiger partial charge is 0.339 e. The molecule has 1 heterocycles. The molecule has 0 saturated carbocycles. The molecule has 37 heavy (non-hydrogen) atoms. The highest BCUT2D eigenvalue weighted by atomic mass is 32.2. The maximum absolute atomic E-state index is 13.5. The van der Waals surface area contributed by atoms with E-state index in [1.54, 1.807) is 30.3 Å². The van der Waals surface area contributed by atoms with Crippen LogP contribution in [0.1, 0.15) is 16.9 Å². The molecule has 0 amide bonds. The van der Waals surface area contributed by atoms with Crippen LogP contribution in [-0.4, -0.2) is 28.3 Å². The van der Waals surface area contributed by atoms with Crippen molar-refractivity contribution in [3.63, 3.8) is 0 Å². The van der Waals surface area contributed by atoms with E-state index in [4.69, 9.17) is 13.3 Å². The van der Waals surface area contributed by atoms with Crippen molar-refractivity contribution in [2.45, 2.75) is 29.8 Å². The Morgan fingerprint density at radius 3 is 2.14 bits per heavy atom. The number of halogens is 1. The summed E-state index contributed by atoms with van der Waals surface area (Å²) in [6, 6.07) is 18.4. The SMILES string of the molecule is COc1ccc(CN(Cc2ccco2)S(=O)(=O)c2ccc(C)cc2)cc1OS(=O)(=O)c1ccc(F)cc1. The van der Waals surface area contributed by atoms with E-state index in [1.807, 2.05) is 6.92 Å². The van der Waals surface area contributed by atoms with Crippen LogP contribution in [0, 0.1) is 12.7 Å². The van der Waals surface area contributed by atoms with Crippen molar-refractivity contribution >= 4 is 20.1 Å². The normalized spacial score (nSPS) is 12.0. The fraction of sp³-hybridized carbons (Fsp3) is 0.154. The Balaban J connectivity index is 1.68. The van der Waals surface area contributed by atoms with Gasteiger partial charge in [0, 0.05) is 6.54 Å². The number of benzene rings is 3. The van der Waals surface area contributed by atoms with E-state index in [9.17, 15) is 21.2 Å². The van der Waals surface area contributed by atoms with Gasteiger partial charge in [0.1, 0.15) is 16.5 Å². The Bertz CT molecular complexity index is 1570. The third-order valence-electron chi connectivity index (χ3n) is 5.46. The number of hydrogen-bond acceptors (Lipinski definition) is 7. The lowest BCUT2D eigenvalue weighted by Crippen LogP contribution is -2.30. The zero-order valence-corrected chi connectivity index (χ0v) is 21.6. The molecule has 0 atom stereocenters. The maximum atomic E-state index is 13.5. The van der Waals surface area contributed by atoms with Gasteiger partial charge in [-0.1, -0.05) is 23.8 Å². The molecule has 0 fully saturated rings. The molecule has 194 valence electrons. The highest BCUT2D eigenvalue weighted by Gasteiger charge is 2.27. The number of sulfonamides is 1. The van der Waals surface area contributed by atoms with Crippen LogP contribution in [-0.2, 0) is 33.2 Å². The van der Waals surface area contributed by atoms with Gasteiger partial charge in [-0.15, -0.1) is 0 Å². The lowest BCUT2D eigenvalue weighted by atomic mass is 10.2. The van der Waals surface area contributed by atoms with E-state index in [2.05, 4.69) is 0 Å². The molecular weight excluding hydrogens is 521 g/mol. The van der Waals surface area contributed by atoms with Crippen molar-refractivity contribution in [3.05, 3.63) is 108 Å². The Labute approximate surface area is 215 Å². The summed E-state index contributed by atoms with van der Waals surface area (Å²) in [7, 11) is -6.93. The Hall–Kier alpha value is -3.67. The van der Waals surface area contributed by atoms with Crippen molar-refractivity contribution in [2.75, 3.05) is 7.11 Å². The first-order valence-electron chi connectivity index (χ1n) is 11.0. The lowest BCUT2D eigenvalue weighted by Gasteiger charge is -2.22. The average Bonchev–Trinajstić information content (AvgIpc) is 3.37. The fourth-order valence-electron chi connectivity index (χ4n) is 3.52. The van der Waals surface area contributed by atoms with E-state index in [1.165, 1.54) is 41.9 Å². The number of rotatable bonds is 10. The largest absolute Gasteiger partial charge is 0.493 e. The zero-order valence-electron chi connectivity index (χ0n) is 20.0. The van der Waals surface area contributed by atoms with Gasteiger partial charge in [0.25, 0.3) is 0 Å². The fourth-order valence-corrected chi connectivity index (χ4v) is 5.84. The van der Waals surface area contributed by atoms with Crippen LogP contribution in [0.25, 0.3) is 0 Å². The van der Waals surface area contributed by atoms with E-state index < -0.39 is 26.0 Å². The van der Waals surface area contributed by atoms with Crippen LogP contribution in [0.15, 0.2) is 99.3 Å². The van der Waals surface area contributed by atoms with Crippen molar-refractivity contribution in [3.8, 4) is 11.5 Å². The van der Waals surface area contributed by atoms with Crippen LogP contribution in [0.4, 0.5) is 4.39 Å². The van der Waals surface area contributed by atoms with Crippen molar-refractivity contribution in [1.29, 1.82) is 0 Å². The van der Waals surface area contributed by atoms with Crippen molar-refractivity contribution in [2.24, 2.45) is 0 Å². The topological polar surface area (TPSA) is 103 Å². The second-order valence-corrected chi connectivity index (χ2v) is 11.6. The van der Waals surface area contributed by atoms with Gasteiger partial charge in [-0.25, -0.2) is 12.8 Å². The summed E-state index contributed by atoms with van der Waals surface area (Å²) in [5.74, 6) is -0.187. The van der Waals surface area contributed by atoms with E-state index in [0.717, 1.165) is 29.8 Å². The summed E-state index contributed by atoms with van der Waals surface area (Å²) in [5.41, 5.74) is 1.35. The highest BCUT2D eigenvalue weighted by molar-refractivity contribution is 7.89. The van der Waals surface area contributed by atoms with Gasteiger partial charge in [0.15, 0.2) is 11.5 Å². The minimum atomic E-state index is -4.32. The standard InChI is InChI=1S/C26H24FNO7S2/c1-19-5-10-23(11-6-19)36(29,30)28(18-22-4-3-15-34-22)17-20-7-14-25(33-2)26(16-20)35-37(31,32)24-12-8-21(27)9-13-24/h3-16H,17-18H2,1-2H3. The van der Waals surface area contributed by atoms with Crippen molar-refractivity contribution in [1.82, 2.24) is 4.31 Å². The summed E-state index contributed by atoms with van der Waals surface area (Å²) >= 11 is 0. The zero-order chi connectivity index (χ0) is 26.6. The molecule has 0 unspecified atom stereocenters. The second kappa shape index (κ2) is 10.8. The summed E-state index contributed by atoms with van der Waals surface area (Å²) in [6.45, 7) is 1.68. The summed E-state index contributed by atoms with van der Waals surface area (Å²) < 4.78 is 83.0. The molecule has 0 aliphatic heterocycles. The first-order valence-corrected chi connectivity index (χ1v) is 13.9. The minimum absolute atomic E-state index is 0.0562. The van der Waals surface area contributed by atoms with Crippen LogP contribution in [0.3, 0.4) is 0 Å². The van der Waals surface area contributed by atoms with E-state index in [0.29, 0.717) is 11.3 Å². The molecule has 0 radical (unpaired) electrons. The number of methoxy groups -OCH3 is 1. The van der Waals surface area contributed by atoms with Gasteiger partial charge in [-0.2, -0.15) is 12.7 Å². The maximum Gasteiger partial charge on any atom is 0.339 e. The molecule has 0 aliphatic carbocycles. The van der Waals surface area contributed by atoms with Gasteiger partial charge >= 0.3 is 10.1 Å². The van der Waals surface area contributed by atoms with Crippen LogP contribution < -0.4 is 8.92 Å². The molecule has 0 spiro atoms. The first kappa shape index (κ1) is 26.4. The number of hydrogen-bond donors (Lipinski definition) is 0. The third-order valence-corrected chi connectivity index (χ3v) is 8.51. The predicted octanol–water partition coefficient (Wildman–Crippen LogP) is 4.89. The molecule has 4 aromatic rings. The number of furan rings is 1. The average molecular weight is 546 g/mol. The molecule has 3 aromatic carbocycles. The third kappa shape index (κ3) is 6.19. The number of nitrogens with zero attached hydrogens (tertiary/aromatic N) is 1. The number of aryl methyl sites for hydroxylation is 1. The quantitative estimate of drug-likeness (QED) is 0.261. The molecule has 0 N–H and O–H groups in total. The predicted molar refractivity (Wildman–Crippen MR) is 134 cm³/mol. The Morgan fingerprint density at radius 2 is 1.51 bits per heavy atom.